The van der Waals surface area contributed by atoms with E-state index >= 15 is 0 Å². The van der Waals surface area contributed by atoms with Crippen LogP contribution in [0.5, 0.6) is 0 Å². The van der Waals surface area contributed by atoms with Gasteiger partial charge < -0.3 is 10.1 Å². The number of hydrogen-bond acceptors (Lipinski definition) is 5. The van der Waals surface area contributed by atoms with Gasteiger partial charge in [0.1, 0.15) is 11.8 Å². The Balaban J connectivity index is 1.44. The highest BCUT2D eigenvalue weighted by molar-refractivity contribution is 5.33. The van der Waals surface area contributed by atoms with Crippen LogP contribution in [0.25, 0.3) is 0 Å². The van der Waals surface area contributed by atoms with Crippen LogP contribution in [0.15, 0.2) is 36.7 Å². The van der Waals surface area contributed by atoms with Crippen molar-refractivity contribution in [3.63, 3.8) is 0 Å². The van der Waals surface area contributed by atoms with Gasteiger partial charge in [0.05, 0.1) is 5.60 Å². The molecular weight excluding hydrogens is 372 g/mol. The highest BCUT2D eigenvalue weighted by atomic mass is 16.5. The summed E-state index contributed by atoms with van der Waals surface area (Å²) in [5, 5.41) is 12.8. The molecule has 2 aliphatic rings. The Morgan fingerprint density at radius 2 is 2.07 bits per heavy atom. The minimum Gasteiger partial charge on any atom is -0.375 e. The van der Waals surface area contributed by atoms with Crippen LogP contribution in [-0.4, -0.2) is 28.7 Å². The summed E-state index contributed by atoms with van der Waals surface area (Å²) in [7, 11) is 0. The van der Waals surface area contributed by atoms with E-state index in [1.807, 2.05) is 18.5 Å². The first-order valence-electron chi connectivity index (χ1n) is 11.3. The zero-order chi connectivity index (χ0) is 20.9. The highest BCUT2D eigenvalue weighted by Crippen LogP contribution is 2.49. The molecule has 2 fully saturated rings. The van der Waals surface area contributed by atoms with Crippen molar-refractivity contribution < 1.29 is 4.74 Å². The van der Waals surface area contributed by atoms with Gasteiger partial charge in [0.15, 0.2) is 0 Å². The lowest BCUT2D eigenvalue weighted by Crippen LogP contribution is -2.47. The van der Waals surface area contributed by atoms with Crippen LogP contribution in [-0.2, 0) is 23.1 Å². The van der Waals surface area contributed by atoms with Gasteiger partial charge in [0.25, 0.3) is 0 Å². The summed E-state index contributed by atoms with van der Waals surface area (Å²) in [5.41, 5.74) is 4.05. The Labute approximate surface area is 179 Å². The molecule has 3 heterocycles. The molecule has 1 saturated carbocycles. The lowest BCUT2D eigenvalue weighted by atomic mass is 9.68. The summed E-state index contributed by atoms with van der Waals surface area (Å²) in [6, 6.07) is 10.6. The maximum atomic E-state index is 9.18. The lowest BCUT2D eigenvalue weighted by Gasteiger charge is -2.46. The van der Waals surface area contributed by atoms with Gasteiger partial charge >= 0.3 is 0 Å². The van der Waals surface area contributed by atoms with Crippen molar-refractivity contribution >= 4 is 0 Å². The van der Waals surface area contributed by atoms with E-state index in [0.717, 1.165) is 56.5 Å². The van der Waals surface area contributed by atoms with Crippen molar-refractivity contribution in [2.75, 3.05) is 13.2 Å². The first-order valence-corrected chi connectivity index (χ1v) is 11.3. The van der Waals surface area contributed by atoms with E-state index < -0.39 is 0 Å². The first kappa shape index (κ1) is 21.0. The number of aryl methyl sites for hydroxylation is 1. The number of nitriles is 1. The predicted octanol–water partition coefficient (Wildman–Crippen LogP) is 4.45. The van der Waals surface area contributed by atoms with E-state index in [1.54, 1.807) is 0 Å². The maximum Gasteiger partial charge on any atom is 0.143 e. The topological polar surface area (TPSA) is 70.8 Å². The van der Waals surface area contributed by atoms with Crippen LogP contribution in [0.1, 0.15) is 74.4 Å². The quantitative estimate of drug-likeness (QED) is 0.690. The van der Waals surface area contributed by atoms with Crippen LogP contribution in [0.2, 0.25) is 0 Å². The zero-order valence-corrected chi connectivity index (χ0v) is 18.0. The summed E-state index contributed by atoms with van der Waals surface area (Å²) in [6.45, 7) is 4.59. The molecular formula is C25H32N4O. The van der Waals surface area contributed by atoms with E-state index in [4.69, 9.17) is 9.72 Å². The van der Waals surface area contributed by atoms with Crippen LogP contribution in [0.4, 0.5) is 0 Å². The van der Waals surface area contributed by atoms with Crippen molar-refractivity contribution in [3.8, 4) is 6.07 Å². The molecule has 1 unspecified atom stereocenters. The Bertz CT molecular complexity index is 886. The van der Waals surface area contributed by atoms with Gasteiger partial charge in [-0.25, -0.2) is 4.98 Å². The second-order valence-corrected chi connectivity index (χ2v) is 8.90. The van der Waals surface area contributed by atoms with E-state index in [9.17, 15) is 5.26 Å². The number of hydrogen-bond donors (Lipinski definition) is 1. The van der Waals surface area contributed by atoms with Crippen LogP contribution in [0, 0.1) is 11.3 Å². The normalized spacial score (nSPS) is 22.8. The molecule has 2 aromatic rings. The van der Waals surface area contributed by atoms with Crippen LogP contribution >= 0.6 is 0 Å². The largest absolute Gasteiger partial charge is 0.375 e. The van der Waals surface area contributed by atoms with Crippen molar-refractivity contribution in [1.29, 1.82) is 5.26 Å². The molecule has 1 spiro atoms. The molecule has 5 nitrogen and oxygen atoms in total. The fourth-order valence-corrected chi connectivity index (χ4v) is 5.38. The summed E-state index contributed by atoms with van der Waals surface area (Å²) >= 11 is 0. The van der Waals surface area contributed by atoms with Gasteiger partial charge in [-0.3, -0.25) is 4.98 Å². The van der Waals surface area contributed by atoms with Crippen molar-refractivity contribution in [2.45, 2.75) is 75.9 Å². The van der Waals surface area contributed by atoms with Crippen LogP contribution < -0.4 is 5.32 Å². The fourth-order valence-electron chi connectivity index (χ4n) is 5.38. The van der Waals surface area contributed by atoms with Crippen LogP contribution in [0.3, 0.4) is 0 Å². The molecule has 0 bridgehead atoms. The summed E-state index contributed by atoms with van der Waals surface area (Å²) in [6.07, 6.45) is 12.7. The Morgan fingerprint density at radius 1 is 1.20 bits per heavy atom. The van der Waals surface area contributed by atoms with E-state index in [0.29, 0.717) is 5.69 Å². The standard InChI is InChI=1S/C25H32N4O/c1-2-21-15-20(18-29-22(21)16-26)17-27-13-10-24(23-7-3-6-12-28-23)11-14-30-25(19-24)8-4-5-9-25/h3,6-7,12,15,18,27H,2,4-5,8-11,13-14,17,19H2,1H3. The summed E-state index contributed by atoms with van der Waals surface area (Å²) < 4.78 is 6.34. The number of nitrogens with zero attached hydrogens (tertiary/aromatic N) is 3. The monoisotopic (exact) mass is 404 g/mol. The molecule has 1 saturated heterocycles. The molecule has 1 N–H and O–H groups in total. The smallest absolute Gasteiger partial charge is 0.143 e. The van der Waals surface area contributed by atoms with Gasteiger partial charge in [-0.15, -0.1) is 0 Å². The van der Waals surface area contributed by atoms with E-state index in [2.05, 4.69) is 41.5 Å². The zero-order valence-electron chi connectivity index (χ0n) is 18.0. The highest BCUT2D eigenvalue weighted by Gasteiger charge is 2.48. The third kappa shape index (κ3) is 4.40. The lowest BCUT2D eigenvalue weighted by molar-refractivity contribution is -0.104. The third-order valence-corrected chi connectivity index (χ3v) is 6.99. The molecule has 1 atom stereocenters. The predicted molar refractivity (Wildman–Crippen MR) is 117 cm³/mol. The van der Waals surface area contributed by atoms with Crippen molar-refractivity contribution in [3.05, 3.63) is 59.2 Å². The number of nitrogens with one attached hydrogen (secondary N) is 1. The molecule has 1 aliphatic carbocycles. The molecule has 0 radical (unpaired) electrons. The van der Waals surface area contributed by atoms with Gasteiger partial charge in [0, 0.05) is 36.7 Å². The SMILES string of the molecule is CCc1cc(CNCCC2(c3ccccn3)CCOC3(CCCC3)C2)cnc1C#N. The molecule has 158 valence electrons. The second-order valence-electron chi connectivity index (χ2n) is 8.90. The van der Waals surface area contributed by atoms with Gasteiger partial charge in [0.2, 0.25) is 0 Å². The minimum absolute atomic E-state index is 0.0584. The molecule has 30 heavy (non-hydrogen) atoms. The maximum absolute atomic E-state index is 9.18. The van der Waals surface area contributed by atoms with Gasteiger partial charge in [-0.2, -0.15) is 5.26 Å². The third-order valence-electron chi connectivity index (χ3n) is 6.99. The fraction of sp³-hybridized carbons (Fsp3) is 0.560. The number of rotatable bonds is 7. The number of ether oxygens (including phenoxy) is 1. The Kier molecular flexibility index (Phi) is 6.46. The molecule has 0 amide bonds. The summed E-state index contributed by atoms with van der Waals surface area (Å²) in [5.74, 6) is 0. The average Bonchev–Trinajstić information content (AvgIpc) is 3.24. The van der Waals surface area contributed by atoms with E-state index in [1.165, 1.54) is 31.4 Å². The van der Waals surface area contributed by atoms with Gasteiger partial charge in [-0.05, 0) is 68.3 Å². The van der Waals surface area contributed by atoms with Crippen molar-refractivity contribution in [1.82, 2.24) is 15.3 Å². The molecule has 2 aromatic heterocycles. The molecule has 4 rings (SSSR count). The molecule has 0 aromatic carbocycles. The minimum atomic E-state index is 0.0584. The molecule has 5 heteroatoms. The molecule has 1 aliphatic heterocycles. The van der Waals surface area contributed by atoms with E-state index in [-0.39, 0.29) is 11.0 Å². The summed E-state index contributed by atoms with van der Waals surface area (Å²) in [4.78, 5) is 9.10. The first-order chi connectivity index (χ1) is 14.7. The van der Waals surface area contributed by atoms with Gasteiger partial charge in [-0.1, -0.05) is 31.9 Å². The second kappa shape index (κ2) is 9.24. The van der Waals surface area contributed by atoms with Crippen molar-refractivity contribution in [2.24, 2.45) is 0 Å². The number of aromatic nitrogens is 2. The average molecular weight is 405 g/mol. The number of pyridine rings is 2. The Hall–Kier alpha value is -2.29. The Morgan fingerprint density at radius 3 is 2.80 bits per heavy atom.